The number of thioether (sulfide) groups is 1. The molecule has 0 fully saturated rings. The Morgan fingerprint density at radius 3 is 3.00 bits per heavy atom. The molecule has 14 heavy (non-hydrogen) atoms. The van der Waals surface area contributed by atoms with Crippen molar-refractivity contribution in [1.82, 2.24) is 9.78 Å². The van der Waals surface area contributed by atoms with Crippen molar-refractivity contribution in [3.05, 3.63) is 18.0 Å². The van der Waals surface area contributed by atoms with Crippen molar-refractivity contribution < 1.29 is 5.11 Å². The van der Waals surface area contributed by atoms with Crippen LogP contribution in [0.1, 0.15) is 17.2 Å². The standard InChI is InChI=1S/C9H17N3OS/c1-12-7-8(6-11-12)9(5-10)14-4-2-3-13/h6-7,9,13H,2-5,10H2,1H3. The summed E-state index contributed by atoms with van der Waals surface area (Å²) < 4.78 is 1.78. The Kier molecular flexibility index (Phi) is 5.00. The van der Waals surface area contributed by atoms with Crippen LogP contribution >= 0.6 is 11.8 Å². The Labute approximate surface area is 88.5 Å². The number of hydrogen-bond donors (Lipinski definition) is 2. The number of aliphatic hydroxyl groups excluding tert-OH is 1. The van der Waals surface area contributed by atoms with Gasteiger partial charge in [0.25, 0.3) is 0 Å². The summed E-state index contributed by atoms with van der Waals surface area (Å²) in [7, 11) is 1.90. The summed E-state index contributed by atoms with van der Waals surface area (Å²) in [5.41, 5.74) is 6.84. The van der Waals surface area contributed by atoms with Crippen molar-refractivity contribution in [2.24, 2.45) is 12.8 Å². The summed E-state index contributed by atoms with van der Waals surface area (Å²) in [6.45, 7) is 0.860. The summed E-state index contributed by atoms with van der Waals surface area (Å²) in [4.78, 5) is 0. The number of nitrogens with zero attached hydrogens (tertiary/aromatic N) is 2. The number of aryl methyl sites for hydroxylation is 1. The molecule has 4 nitrogen and oxygen atoms in total. The summed E-state index contributed by atoms with van der Waals surface area (Å²) in [6.07, 6.45) is 4.66. The van der Waals surface area contributed by atoms with E-state index in [9.17, 15) is 0 Å². The molecule has 1 unspecified atom stereocenters. The van der Waals surface area contributed by atoms with Crippen LogP contribution in [-0.2, 0) is 7.05 Å². The predicted molar refractivity (Wildman–Crippen MR) is 59.2 cm³/mol. The first-order valence-electron chi connectivity index (χ1n) is 4.69. The lowest BCUT2D eigenvalue weighted by molar-refractivity contribution is 0.296. The quantitative estimate of drug-likeness (QED) is 0.680. The van der Waals surface area contributed by atoms with E-state index in [0.29, 0.717) is 11.8 Å². The Hall–Kier alpha value is -0.520. The van der Waals surface area contributed by atoms with Gasteiger partial charge in [-0.05, 0) is 12.2 Å². The summed E-state index contributed by atoms with van der Waals surface area (Å²) in [6, 6.07) is 0. The predicted octanol–water partition coefficient (Wildman–Crippen LogP) is 0.535. The van der Waals surface area contributed by atoms with Gasteiger partial charge in [-0.25, -0.2) is 0 Å². The summed E-state index contributed by atoms with van der Waals surface area (Å²) >= 11 is 1.77. The van der Waals surface area contributed by atoms with Crippen LogP contribution in [0.4, 0.5) is 0 Å². The number of aromatic nitrogens is 2. The van der Waals surface area contributed by atoms with Gasteiger partial charge in [-0.1, -0.05) is 0 Å². The van der Waals surface area contributed by atoms with Crippen LogP contribution in [-0.4, -0.2) is 33.8 Å². The third kappa shape index (κ3) is 3.32. The molecule has 1 heterocycles. The number of nitrogens with two attached hydrogens (primary N) is 1. The zero-order chi connectivity index (χ0) is 10.4. The Balaban J connectivity index is 2.45. The minimum absolute atomic E-state index is 0.247. The fourth-order valence-electron chi connectivity index (χ4n) is 1.20. The van der Waals surface area contributed by atoms with E-state index < -0.39 is 0 Å². The highest BCUT2D eigenvalue weighted by Gasteiger charge is 2.11. The molecule has 80 valence electrons. The highest BCUT2D eigenvalue weighted by molar-refractivity contribution is 7.99. The molecule has 0 saturated heterocycles. The van der Waals surface area contributed by atoms with Gasteiger partial charge in [0.2, 0.25) is 0 Å². The lowest BCUT2D eigenvalue weighted by atomic mass is 10.2. The van der Waals surface area contributed by atoms with Crippen LogP contribution < -0.4 is 5.73 Å². The van der Waals surface area contributed by atoms with Crippen LogP contribution in [0, 0.1) is 0 Å². The lowest BCUT2D eigenvalue weighted by Crippen LogP contribution is -2.09. The van der Waals surface area contributed by atoms with Crippen molar-refractivity contribution in [3.8, 4) is 0 Å². The van der Waals surface area contributed by atoms with E-state index in [1.807, 2.05) is 19.4 Å². The van der Waals surface area contributed by atoms with Crippen LogP contribution in [0.5, 0.6) is 0 Å². The molecule has 0 aromatic carbocycles. The Morgan fingerprint density at radius 1 is 1.71 bits per heavy atom. The van der Waals surface area contributed by atoms with Crippen molar-refractivity contribution in [2.75, 3.05) is 18.9 Å². The second-order valence-electron chi connectivity index (χ2n) is 3.12. The molecule has 1 aromatic heterocycles. The Morgan fingerprint density at radius 2 is 2.50 bits per heavy atom. The van der Waals surface area contributed by atoms with E-state index in [1.165, 1.54) is 0 Å². The highest BCUT2D eigenvalue weighted by atomic mass is 32.2. The topological polar surface area (TPSA) is 64.1 Å². The fourth-order valence-corrected chi connectivity index (χ4v) is 2.23. The van der Waals surface area contributed by atoms with E-state index in [4.69, 9.17) is 10.8 Å². The molecule has 1 aromatic rings. The van der Waals surface area contributed by atoms with Crippen molar-refractivity contribution in [2.45, 2.75) is 11.7 Å². The molecule has 0 saturated carbocycles. The summed E-state index contributed by atoms with van der Waals surface area (Å²) in [5, 5.41) is 13.1. The SMILES string of the molecule is Cn1cc(C(CN)SCCCO)cn1. The maximum absolute atomic E-state index is 8.67. The zero-order valence-electron chi connectivity index (χ0n) is 8.39. The average Bonchev–Trinajstić information content (AvgIpc) is 2.60. The fraction of sp³-hybridized carbons (Fsp3) is 0.667. The minimum atomic E-state index is 0.247. The van der Waals surface area contributed by atoms with Crippen LogP contribution in [0.2, 0.25) is 0 Å². The molecular formula is C9H17N3OS. The van der Waals surface area contributed by atoms with Crippen LogP contribution in [0.3, 0.4) is 0 Å². The van der Waals surface area contributed by atoms with Gasteiger partial charge < -0.3 is 10.8 Å². The van der Waals surface area contributed by atoms with Gasteiger partial charge in [-0.3, -0.25) is 4.68 Å². The van der Waals surface area contributed by atoms with Gasteiger partial charge in [-0.15, -0.1) is 0 Å². The third-order valence-corrected chi connectivity index (χ3v) is 3.32. The molecule has 1 rings (SSSR count). The number of aliphatic hydroxyl groups is 1. The number of hydrogen-bond acceptors (Lipinski definition) is 4. The largest absolute Gasteiger partial charge is 0.396 e. The molecule has 1 atom stereocenters. The van der Waals surface area contributed by atoms with Crippen molar-refractivity contribution in [3.63, 3.8) is 0 Å². The highest BCUT2D eigenvalue weighted by Crippen LogP contribution is 2.27. The van der Waals surface area contributed by atoms with Gasteiger partial charge in [0.1, 0.15) is 0 Å². The van der Waals surface area contributed by atoms with Crippen molar-refractivity contribution >= 4 is 11.8 Å². The molecule has 0 aliphatic heterocycles. The van der Waals surface area contributed by atoms with Crippen LogP contribution in [0.15, 0.2) is 12.4 Å². The molecule has 0 aliphatic rings. The van der Waals surface area contributed by atoms with Gasteiger partial charge >= 0.3 is 0 Å². The van der Waals surface area contributed by atoms with Gasteiger partial charge in [-0.2, -0.15) is 16.9 Å². The van der Waals surface area contributed by atoms with Crippen LogP contribution in [0.25, 0.3) is 0 Å². The van der Waals surface area contributed by atoms with E-state index in [-0.39, 0.29) is 6.61 Å². The van der Waals surface area contributed by atoms with E-state index in [2.05, 4.69) is 5.10 Å². The second-order valence-corrected chi connectivity index (χ2v) is 4.43. The number of rotatable bonds is 6. The smallest absolute Gasteiger partial charge is 0.0533 e. The average molecular weight is 215 g/mol. The third-order valence-electron chi connectivity index (χ3n) is 1.93. The monoisotopic (exact) mass is 215 g/mol. The molecule has 0 radical (unpaired) electrons. The van der Waals surface area contributed by atoms with Gasteiger partial charge in [0.05, 0.1) is 6.20 Å². The second kappa shape index (κ2) is 6.06. The minimum Gasteiger partial charge on any atom is -0.396 e. The molecule has 0 aliphatic carbocycles. The molecule has 0 bridgehead atoms. The molecule has 0 amide bonds. The van der Waals surface area contributed by atoms with Crippen molar-refractivity contribution in [1.29, 1.82) is 0 Å². The molecule has 3 N–H and O–H groups in total. The molecule has 5 heteroatoms. The van der Waals surface area contributed by atoms with E-state index in [1.54, 1.807) is 16.4 Å². The first-order valence-corrected chi connectivity index (χ1v) is 5.74. The normalized spacial score (nSPS) is 13.1. The van der Waals surface area contributed by atoms with Gasteiger partial charge in [0, 0.05) is 37.2 Å². The maximum Gasteiger partial charge on any atom is 0.0533 e. The molecular weight excluding hydrogens is 198 g/mol. The van der Waals surface area contributed by atoms with E-state index in [0.717, 1.165) is 17.7 Å². The molecule has 0 spiro atoms. The zero-order valence-corrected chi connectivity index (χ0v) is 9.20. The first kappa shape index (κ1) is 11.6. The van der Waals surface area contributed by atoms with Gasteiger partial charge in [0.15, 0.2) is 0 Å². The van der Waals surface area contributed by atoms with E-state index >= 15 is 0 Å². The maximum atomic E-state index is 8.67. The summed E-state index contributed by atoms with van der Waals surface area (Å²) in [5.74, 6) is 0.938. The lowest BCUT2D eigenvalue weighted by Gasteiger charge is -2.11. The first-order chi connectivity index (χ1) is 6.77. The Bertz CT molecular complexity index is 264.